The van der Waals surface area contributed by atoms with Crippen molar-refractivity contribution >= 4 is 5.78 Å². The van der Waals surface area contributed by atoms with Crippen molar-refractivity contribution in [2.45, 2.75) is 52.9 Å². The minimum absolute atomic E-state index is 0.261. The van der Waals surface area contributed by atoms with E-state index in [1.54, 1.807) is 0 Å². The molecule has 1 rings (SSSR count). The van der Waals surface area contributed by atoms with E-state index in [4.69, 9.17) is 0 Å². The van der Waals surface area contributed by atoms with E-state index in [0.29, 0.717) is 18.3 Å². The predicted octanol–water partition coefficient (Wildman–Crippen LogP) is 4.29. The second-order valence-electron chi connectivity index (χ2n) is 5.36. The van der Waals surface area contributed by atoms with Gasteiger partial charge in [0.15, 0.2) is 5.78 Å². The van der Waals surface area contributed by atoms with Gasteiger partial charge in [-0.15, -0.1) is 0 Å². The molecular weight excluding hydrogens is 196 g/mol. The van der Waals surface area contributed by atoms with E-state index in [0.717, 1.165) is 31.3 Å². The molecule has 1 atom stereocenters. The van der Waals surface area contributed by atoms with Crippen molar-refractivity contribution in [1.82, 2.24) is 0 Å². The molecule has 0 aromatic rings. The highest BCUT2D eigenvalue weighted by Crippen LogP contribution is 2.26. The molecule has 0 bridgehead atoms. The molecule has 0 N–H and O–H groups in total. The third-order valence-corrected chi connectivity index (χ3v) is 3.67. The molecule has 1 aliphatic rings. The molecule has 1 unspecified atom stereocenters. The van der Waals surface area contributed by atoms with Crippen LogP contribution in [0.3, 0.4) is 0 Å². The summed E-state index contributed by atoms with van der Waals surface area (Å²) in [4.78, 5) is 11.7. The van der Waals surface area contributed by atoms with Gasteiger partial charge in [-0.2, -0.15) is 0 Å². The first-order valence-electron chi connectivity index (χ1n) is 6.37. The lowest BCUT2D eigenvalue weighted by molar-refractivity contribution is -0.115. The first kappa shape index (κ1) is 13.2. The zero-order chi connectivity index (χ0) is 12.1. The van der Waals surface area contributed by atoms with Gasteiger partial charge in [-0.1, -0.05) is 32.1 Å². The number of ketones is 1. The third-order valence-electron chi connectivity index (χ3n) is 3.67. The Morgan fingerprint density at radius 1 is 1.31 bits per heavy atom. The standard InChI is InChI=1S/C15H24O/c1-11(2)14-8-5-12(3)6-10-15(16)13(4)7-9-14/h5,11,14H,4,6-10H2,1-3H3. The van der Waals surface area contributed by atoms with E-state index < -0.39 is 0 Å². The smallest absolute Gasteiger partial charge is 0.158 e. The van der Waals surface area contributed by atoms with E-state index in [1.807, 2.05) is 0 Å². The van der Waals surface area contributed by atoms with E-state index in [1.165, 1.54) is 5.57 Å². The van der Waals surface area contributed by atoms with Crippen molar-refractivity contribution < 1.29 is 4.79 Å². The van der Waals surface area contributed by atoms with Gasteiger partial charge in [0.25, 0.3) is 0 Å². The second kappa shape index (κ2) is 6.03. The molecule has 16 heavy (non-hydrogen) atoms. The summed E-state index contributed by atoms with van der Waals surface area (Å²) in [6.07, 6.45) is 7.02. The Morgan fingerprint density at radius 2 is 2.00 bits per heavy atom. The van der Waals surface area contributed by atoms with E-state index in [2.05, 4.69) is 33.4 Å². The van der Waals surface area contributed by atoms with Crippen LogP contribution in [0.15, 0.2) is 23.8 Å². The highest BCUT2D eigenvalue weighted by molar-refractivity contribution is 5.94. The largest absolute Gasteiger partial charge is 0.295 e. The van der Waals surface area contributed by atoms with Crippen molar-refractivity contribution in [2.75, 3.05) is 0 Å². The normalized spacial score (nSPS) is 24.5. The van der Waals surface area contributed by atoms with Crippen LogP contribution in [0.2, 0.25) is 0 Å². The van der Waals surface area contributed by atoms with Crippen LogP contribution in [0, 0.1) is 11.8 Å². The van der Waals surface area contributed by atoms with Crippen molar-refractivity contribution in [1.29, 1.82) is 0 Å². The van der Waals surface area contributed by atoms with Gasteiger partial charge in [-0.05, 0) is 50.0 Å². The van der Waals surface area contributed by atoms with Crippen molar-refractivity contribution in [3.05, 3.63) is 23.8 Å². The first-order valence-corrected chi connectivity index (χ1v) is 6.37. The van der Waals surface area contributed by atoms with E-state index >= 15 is 0 Å². The van der Waals surface area contributed by atoms with Crippen molar-refractivity contribution in [3.63, 3.8) is 0 Å². The lowest BCUT2D eigenvalue weighted by Gasteiger charge is -2.21. The molecule has 0 aromatic carbocycles. The molecule has 0 aromatic heterocycles. The Balaban J connectivity index is 2.74. The van der Waals surface area contributed by atoms with Gasteiger partial charge >= 0.3 is 0 Å². The molecule has 0 saturated carbocycles. The fourth-order valence-electron chi connectivity index (χ4n) is 2.16. The maximum Gasteiger partial charge on any atom is 0.158 e. The van der Waals surface area contributed by atoms with E-state index in [9.17, 15) is 4.79 Å². The summed E-state index contributed by atoms with van der Waals surface area (Å²) < 4.78 is 0. The molecule has 0 amide bonds. The van der Waals surface area contributed by atoms with Crippen molar-refractivity contribution in [3.8, 4) is 0 Å². The summed E-state index contributed by atoms with van der Waals surface area (Å²) in [5, 5.41) is 0. The van der Waals surface area contributed by atoms with Gasteiger partial charge in [0.1, 0.15) is 0 Å². The lowest BCUT2D eigenvalue weighted by atomic mass is 9.84. The van der Waals surface area contributed by atoms with Crippen LogP contribution in [0.4, 0.5) is 0 Å². The van der Waals surface area contributed by atoms with Crippen LogP contribution in [0.5, 0.6) is 0 Å². The number of hydrogen-bond acceptors (Lipinski definition) is 1. The average Bonchev–Trinajstić information content (AvgIpc) is 2.23. The molecule has 90 valence electrons. The molecule has 0 fully saturated rings. The van der Waals surface area contributed by atoms with Crippen LogP contribution in [-0.4, -0.2) is 5.78 Å². The maximum absolute atomic E-state index is 11.7. The highest BCUT2D eigenvalue weighted by atomic mass is 16.1. The predicted molar refractivity (Wildman–Crippen MR) is 69.3 cm³/mol. The van der Waals surface area contributed by atoms with E-state index in [-0.39, 0.29) is 5.78 Å². The topological polar surface area (TPSA) is 17.1 Å². The van der Waals surface area contributed by atoms with Gasteiger partial charge < -0.3 is 0 Å². The Kier molecular flexibility index (Phi) is 4.98. The molecule has 0 radical (unpaired) electrons. The third kappa shape index (κ3) is 3.96. The molecule has 0 aliphatic heterocycles. The van der Waals surface area contributed by atoms with Gasteiger partial charge in [0.2, 0.25) is 0 Å². The fraction of sp³-hybridized carbons (Fsp3) is 0.667. The second-order valence-corrected chi connectivity index (χ2v) is 5.36. The summed E-state index contributed by atoms with van der Waals surface area (Å²) in [5.74, 6) is 1.64. The summed E-state index contributed by atoms with van der Waals surface area (Å²) in [5.41, 5.74) is 2.19. The minimum atomic E-state index is 0.261. The van der Waals surface area contributed by atoms with Gasteiger partial charge in [-0.3, -0.25) is 4.79 Å². The Hall–Kier alpha value is -0.850. The lowest BCUT2D eigenvalue weighted by Crippen LogP contribution is -2.11. The summed E-state index contributed by atoms with van der Waals surface area (Å²) >= 11 is 0. The zero-order valence-corrected chi connectivity index (χ0v) is 10.9. The van der Waals surface area contributed by atoms with Gasteiger partial charge in [0, 0.05) is 6.42 Å². The highest BCUT2D eigenvalue weighted by Gasteiger charge is 2.16. The minimum Gasteiger partial charge on any atom is -0.295 e. The summed E-state index contributed by atoms with van der Waals surface area (Å²) in [6, 6.07) is 0. The average molecular weight is 220 g/mol. The van der Waals surface area contributed by atoms with Gasteiger partial charge in [0.05, 0.1) is 0 Å². The van der Waals surface area contributed by atoms with Crippen molar-refractivity contribution in [2.24, 2.45) is 11.8 Å². The molecule has 0 saturated heterocycles. The number of allylic oxidation sites excluding steroid dienone is 3. The molecule has 1 nitrogen and oxygen atoms in total. The monoisotopic (exact) mass is 220 g/mol. The number of rotatable bonds is 1. The molecule has 0 heterocycles. The SMILES string of the molecule is C=C1CCC(C(C)C)CC=C(C)CCC1=O. The number of hydrogen-bond donors (Lipinski definition) is 0. The zero-order valence-electron chi connectivity index (χ0n) is 10.9. The number of carbonyl (C=O) groups excluding carboxylic acids is 1. The molecule has 1 aliphatic carbocycles. The number of carbonyl (C=O) groups is 1. The van der Waals surface area contributed by atoms with Crippen LogP contribution in [0.25, 0.3) is 0 Å². The summed E-state index contributed by atoms with van der Waals surface area (Å²) in [6.45, 7) is 10.6. The Labute approximate surface area is 99.6 Å². The molecular formula is C15H24O. The maximum atomic E-state index is 11.7. The van der Waals surface area contributed by atoms with Crippen LogP contribution < -0.4 is 0 Å². The Bertz CT molecular complexity index is 297. The molecule has 0 spiro atoms. The fourth-order valence-corrected chi connectivity index (χ4v) is 2.16. The quantitative estimate of drug-likeness (QED) is 0.476. The van der Waals surface area contributed by atoms with Gasteiger partial charge in [-0.25, -0.2) is 0 Å². The van der Waals surface area contributed by atoms with Crippen LogP contribution >= 0.6 is 0 Å². The molecule has 1 heteroatoms. The van der Waals surface area contributed by atoms with Crippen LogP contribution in [-0.2, 0) is 4.79 Å². The Morgan fingerprint density at radius 3 is 2.62 bits per heavy atom. The number of Topliss-reactive ketones (excluding diaryl/α,β-unsaturated/α-hetero) is 1. The van der Waals surface area contributed by atoms with Crippen LogP contribution in [0.1, 0.15) is 52.9 Å². The first-order chi connectivity index (χ1) is 7.50. The summed E-state index contributed by atoms with van der Waals surface area (Å²) in [7, 11) is 0.